The van der Waals surface area contributed by atoms with Crippen molar-refractivity contribution in [1.29, 1.82) is 0 Å². The molecule has 134 valence electrons. The first-order chi connectivity index (χ1) is 11.4. The molecule has 2 rings (SSSR count). The van der Waals surface area contributed by atoms with Crippen molar-refractivity contribution in [2.75, 3.05) is 32.4 Å². The van der Waals surface area contributed by atoms with Crippen molar-refractivity contribution in [3.05, 3.63) is 34.9 Å². The minimum absolute atomic E-state index is 0.0839. The van der Waals surface area contributed by atoms with E-state index in [4.69, 9.17) is 11.6 Å². The molecule has 1 aliphatic heterocycles. The van der Waals surface area contributed by atoms with Gasteiger partial charge in [0.05, 0.1) is 12.8 Å². The molecule has 5 nitrogen and oxygen atoms in total. The van der Waals surface area contributed by atoms with Gasteiger partial charge in [0, 0.05) is 24.7 Å². The van der Waals surface area contributed by atoms with Crippen LogP contribution in [0, 0.1) is 0 Å². The SMILES string of the molecule is CS(=O)(=O)N(CCc1cccc(Cl)c1)CC(=O)N1CCCCCC1. The number of halogens is 1. The summed E-state index contributed by atoms with van der Waals surface area (Å²) in [5, 5.41) is 0.624. The molecule has 0 saturated carbocycles. The van der Waals surface area contributed by atoms with Gasteiger partial charge in [-0.15, -0.1) is 0 Å². The van der Waals surface area contributed by atoms with E-state index in [0.29, 0.717) is 11.4 Å². The van der Waals surface area contributed by atoms with Gasteiger partial charge in [0.2, 0.25) is 15.9 Å². The van der Waals surface area contributed by atoms with E-state index < -0.39 is 10.0 Å². The van der Waals surface area contributed by atoms with Gasteiger partial charge in [0.1, 0.15) is 0 Å². The number of hydrogen-bond acceptors (Lipinski definition) is 3. The molecule has 7 heteroatoms. The van der Waals surface area contributed by atoms with E-state index in [1.54, 1.807) is 11.0 Å². The Morgan fingerprint density at radius 1 is 1.21 bits per heavy atom. The van der Waals surface area contributed by atoms with Crippen LogP contribution in [0.5, 0.6) is 0 Å². The van der Waals surface area contributed by atoms with Crippen LogP contribution in [0.2, 0.25) is 5.02 Å². The molecule has 0 spiro atoms. The predicted molar refractivity (Wildman–Crippen MR) is 96.6 cm³/mol. The summed E-state index contributed by atoms with van der Waals surface area (Å²) in [5.41, 5.74) is 0.957. The summed E-state index contributed by atoms with van der Waals surface area (Å²) in [6.45, 7) is 1.65. The summed E-state index contributed by atoms with van der Waals surface area (Å²) in [6, 6.07) is 7.34. The van der Waals surface area contributed by atoms with Crippen LogP contribution in [0.3, 0.4) is 0 Å². The molecule has 1 heterocycles. The molecule has 1 aromatic carbocycles. The van der Waals surface area contributed by atoms with Gasteiger partial charge in [0.15, 0.2) is 0 Å². The average molecular weight is 373 g/mol. The van der Waals surface area contributed by atoms with E-state index in [-0.39, 0.29) is 19.0 Å². The standard InChI is InChI=1S/C17H25ClN2O3S/c1-24(22,23)20(12-9-15-7-6-8-16(18)13-15)14-17(21)19-10-4-2-3-5-11-19/h6-8,13H,2-5,9-12,14H2,1H3. The zero-order valence-corrected chi connectivity index (χ0v) is 15.7. The zero-order valence-electron chi connectivity index (χ0n) is 14.1. The number of likely N-dealkylation sites (tertiary alicyclic amines) is 1. The molecule has 0 radical (unpaired) electrons. The molecule has 0 atom stereocenters. The molecule has 0 aromatic heterocycles. The minimum atomic E-state index is -3.44. The molecule has 24 heavy (non-hydrogen) atoms. The second-order valence-electron chi connectivity index (χ2n) is 6.27. The fraction of sp³-hybridized carbons (Fsp3) is 0.588. The Morgan fingerprint density at radius 3 is 2.46 bits per heavy atom. The minimum Gasteiger partial charge on any atom is -0.342 e. The van der Waals surface area contributed by atoms with Crippen molar-refractivity contribution < 1.29 is 13.2 Å². The number of sulfonamides is 1. The van der Waals surface area contributed by atoms with Gasteiger partial charge in [-0.3, -0.25) is 4.79 Å². The Morgan fingerprint density at radius 2 is 1.88 bits per heavy atom. The van der Waals surface area contributed by atoms with Crippen molar-refractivity contribution in [1.82, 2.24) is 9.21 Å². The van der Waals surface area contributed by atoms with Gasteiger partial charge < -0.3 is 4.90 Å². The highest BCUT2D eigenvalue weighted by Gasteiger charge is 2.23. The third-order valence-electron chi connectivity index (χ3n) is 4.28. The quantitative estimate of drug-likeness (QED) is 0.771. The smallest absolute Gasteiger partial charge is 0.237 e. The van der Waals surface area contributed by atoms with E-state index in [2.05, 4.69) is 0 Å². The fourth-order valence-electron chi connectivity index (χ4n) is 2.88. The lowest BCUT2D eigenvalue weighted by Crippen LogP contribution is -2.43. The molecule has 1 fully saturated rings. The monoisotopic (exact) mass is 372 g/mol. The maximum Gasteiger partial charge on any atom is 0.237 e. The lowest BCUT2D eigenvalue weighted by molar-refractivity contribution is -0.131. The molecule has 0 aliphatic carbocycles. The van der Waals surface area contributed by atoms with E-state index in [1.165, 1.54) is 4.31 Å². The first-order valence-electron chi connectivity index (χ1n) is 8.33. The molecule has 1 aromatic rings. The third kappa shape index (κ3) is 6.07. The van der Waals surface area contributed by atoms with Crippen LogP contribution in [0.4, 0.5) is 0 Å². The second-order valence-corrected chi connectivity index (χ2v) is 8.69. The summed E-state index contributed by atoms with van der Waals surface area (Å²) in [5.74, 6) is -0.103. The van der Waals surface area contributed by atoms with Gasteiger partial charge in [-0.25, -0.2) is 8.42 Å². The van der Waals surface area contributed by atoms with Gasteiger partial charge in [0.25, 0.3) is 0 Å². The summed E-state index contributed by atoms with van der Waals surface area (Å²) in [7, 11) is -3.44. The lowest BCUT2D eigenvalue weighted by Gasteiger charge is -2.25. The van der Waals surface area contributed by atoms with Gasteiger partial charge in [-0.1, -0.05) is 36.6 Å². The summed E-state index contributed by atoms with van der Waals surface area (Å²) in [6.07, 6.45) is 5.94. The van der Waals surface area contributed by atoms with Crippen LogP contribution in [-0.4, -0.2) is 56.0 Å². The van der Waals surface area contributed by atoms with Crippen molar-refractivity contribution in [3.63, 3.8) is 0 Å². The molecule has 0 N–H and O–H groups in total. The van der Waals surface area contributed by atoms with Crippen LogP contribution in [-0.2, 0) is 21.2 Å². The van der Waals surface area contributed by atoms with Gasteiger partial charge >= 0.3 is 0 Å². The Kier molecular flexibility index (Phi) is 7.07. The highest BCUT2D eigenvalue weighted by Crippen LogP contribution is 2.13. The third-order valence-corrected chi connectivity index (χ3v) is 5.76. The Hall–Kier alpha value is -1.11. The summed E-state index contributed by atoms with van der Waals surface area (Å²) >= 11 is 5.96. The normalized spacial score (nSPS) is 16.2. The highest BCUT2D eigenvalue weighted by atomic mass is 35.5. The van der Waals surface area contributed by atoms with E-state index in [0.717, 1.165) is 50.6 Å². The van der Waals surface area contributed by atoms with E-state index in [1.807, 2.05) is 18.2 Å². The number of rotatable bonds is 6. The molecular weight excluding hydrogens is 348 g/mol. The largest absolute Gasteiger partial charge is 0.342 e. The number of benzene rings is 1. The van der Waals surface area contributed by atoms with Crippen LogP contribution < -0.4 is 0 Å². The van der Waals surface area contributed by atoms with Crippen molar-refractivity contribution in [2.45, 2.75) is 32.1 Å². The van der Waals surface area contributed by atoms with Crippen LogP contribution >= 0.6 is 11.6 Å². The maximum atomic E-state index is 12.5. The number of hydrogen-bond donors (Lipinski definition) is 0. The topological polar surface area (TPSA) is 57.7 Å². The predicted octanol–water partition coefficient (Wildman–Crippen LogP) is 2.55. The molecular formula is C17H25ClN2O3S. The van der Waals surface area contributed by atoms with Crippen molar-refractivity contribution in [2.24, 2.45) is 0 Å². The number of carbonyl (C=O) groups is 1. The van der Waals surface area contributed by atoms with Crippen LogP contribution in [0.25, 0.3) is 0 Å². The van der Waals surface area contributed by atoms with E-state index in [9.17, 15) is 13.2 Å². The van der Waals surface area contributed by atoms with Crippen molar-refractivity contribution in [3.8, 4) is 0 Å². The number of carbonyl (C=O) groups excluding carboxylic acids is 1. The molecule has 1 aliphatic rings. The van der Waals surface area contributed by atoms with Gasteiger partial charge in [-0.05, 0) is 37.0 Å². The second kappa shape index (κ2) is 8.83. The summed E-state index contributed by atoms with van der Waals surface area (Å²) in [4.78, 5) is 14.3. The Bertz CT molecular complexity index is 656. The maximum absolute atomic E-state index is 12.5. The number of amides is 1. The fourth-order valence-corrected chi connectivity index (χ4v) is 3.86. The Balaban J connectivity index is 1.99. The molecule has 0 bridgehead atoms. The molecule has 0 unspecified atom stereocenters. The van der Waals surface area contributed by atoms with Crippen LogP contribution in [0.1, 0.15) is 31.2 Å². The first kappa shape index (κ1) is 19.2. The Labute approximate surface area is 149 Å². The van der Waals surface area contributed by atoms with Crippen molar-refractivity contribution >= 4 is 27.5 Å². The molecule has 1 amide bonds. The molecule has 1 saturated heterocycles. The lowest BCUT2D eigenvalue weighted by atomic mass is 10.1. The van der Waals surface area contributed by atoms with Gasteiger partial charge in [-0.2, -0.15) is 4.31 Å². The number of nitrogens with zero attached hydrogens (tertiary/aromatic N) is 2. The highest BCUT2D eigenvalue weighted by molar-refractivity contribution is 7.88. The average Bonchev–Trinajstić information content (AvgIpc) is 2.79. The zero-order chi connectivity index (χ0) is 17.6. The van der Waals surface area contributed by atoms with Crippen LogP contribution in [0.15, 0.2) is 24.3 Å². The first-order valence-corrected chi connectivity index (χ1v) is 10.6. The summed E-state index contributed by atoms with van der Waals surface area (Å²) < 4.78 is 25.3. The van der Waals surface area contributed by atoms with E-state index >= 15 is 0 Å².